The topological polar surface area (TPSA) is 20.3 Å². The molecule has 2 nitrogen and oxygen atoms in total. The lowest BCUT2D eigenvalue weighted by Gasteiger charge is -2.28. The third-order valence-corrected chi connectivity index (χ3v) is 5.31. The van der Waals surface area contributed by atoms with Crippen LogP contribution in [0.15, 0.2) is 29.1 Å². The predicted molar refractivity (Wildman–Crippen MR) is 86.5 cm³/mol. The Morgan fingerprint density at radius 3 is 2.90 bits per heavy atom. The molecule has 1 aliphatic heterocycles. The minimum Gasteiger partial charge on any atom is -0.299 e. The van der Waals surface area contributed by atoms with Gasteiger partial charge in [-0.2, -0.15) is 0 Å². The second-order valence-corrected chi connectivity index (χ2v) is 7.17. The summed E-state index contributed by atoms with van der Waals surface area (Å²) in [5.41, 5.74) is 1.30. The van der Waals surface area contributed by atoms with E-state index in [9.17, 15) is 4.79 Å². The summed E-state index contributed by atoms with van der Waals surface area (Å²) < 4.78 is 1.13. The summed E-state index contributed by atoms with van der Waals surface area (Å²) in [7, 11) is 0. The fourth-order valence-corrected chi connectivity index (χ4v) is 3.94. The Hall–Kier alpha value is -1.19. The van der Waals surface area contributed by atoms with Crippen molar-refractivity contribution >= 4 is 21.4 Å². The maximum atomic E-state index is 12.6. The molecule has 0 atom stereocenters. The molecule has 0 unspecified atom stereocenters. The number of rotatable bonds is 3. The maximum Gasteiger partial charge on any atom is 0.192 e. The average molecular weight is 287 g/mol. The number of benzene rings is 1. The zero-order chi connectivity index (χ0) is 14.1. The molecular weight excluding hydrogens is 266 g/mol. The lowest BCUT2D eigenvalue weighted by Crippen LogP contribution is -2.34. The van der Waals surface area contributed by atoms with Gasteiger partial charge in [0.2, 0.25) is 0 Å². The minimum atomic E-state index is 0.253. The normalized spacial score (nSPS) is 15.8. The zero-order valence-corrected chi connectivity index (χ0v) is 13.0. The smallest absolute Gasteiger partial charge is 0.192 e. The molecule has 3 heteroatoms. The van der Waals surface area contributed by atoms with E-state index in [1.165, 1.54) is 11.3 Å². The van der Waals surface area contributed by atoms with Crippen LogP contribution >= 0.6 is 11.3 Å². The molecule has 0 saturated heterocycles. The van der Waals surface area contributed by atoms with Gasteiger partial charge in [0.1, 0.15) is 0 Å². The van der Waals surface area contributed by atoms with E-state index in [1.54, 1.807) is 11.3 Å². The molecular formula is C17H21NOS. The highest BCUT2D eigenvalue weighted by Crippen LogP contribution is 2.26. The van der Waals surface area contributed by atoms with Crippen LogP contribution in [0.2, 0.25) is 0 Å². The molecule has 0 aliphatic carbocycles. The van der Waals surface area contributed by atoms with Crippen molar-refractivity contribution in [1.29, 1.82) is 0 Å². The van der Waals surface area contributed by atoms with E-state index in [4.69, 9.17) is 0 Å². The van der Waals surface area contributed by atoms with Crippen molar-refractivity contribution in [3.8, 4) is 0 Å². The van der Waals surface area contributed by atoms with Gasteiger partial charge in [-0.05, 0) is 37.4 Å². The zero-order valence-electron chi connectivity index (χ0n) is 12.2. The van der Waals surface area contributed by atoms with E-state index in [0.29, 0.717) is 0 Å². The van der Waals surface area contributed by atoms with Crippen LogP contribution in [0.3, 0.4) is 0 Å². The second kappa shape index (κ2) is 5.66. The third kappa shape index (κ3) is 2.65. The summed E-state index contributed by atoms with van der Waals surface area (Å²) in [4.78, 5) is 16.4. The first-order valence-electron chi connectivity index (χ1n) is 7.41. The van der Waals surface area contributed by atoms with Crippen LogP contribution in [0.1, 0.15) is 30.7 Å². The van der Waals surface area contributed by atoms with Crippen LogP contribution in [0.5, 0.6) is 0 Å². The van der Waals surface area contributed by atoms with E-state index >= 15 is 0 Å². The summed E-state index contributed by atoms with van der Waals surface area (Å²) in [6.07, 6.45) is 2.23. The molecule has 3 rings (SSSR count). The number of nitrogens with zero attached hydrogens (tertiary/aromatic N) is 1. The minimum absolute atomic E-state index is 0.253. The highest BCUT2D eigenvalue weighted by Gasteiger charge is 2.20. The summed E-state index contributed by atoms with van der Waals surface area (Å²) >= 11 is 1.80. The van der Waals surface area contributed by atoms with E-state index in [2.05, 4.69) is 24.8 Å². The van der Waals surface area contributed by atoms with Gasteiger partial charge in [0.05, 0.1) is 0 Å². The second-order valence-electron chi connectivity index (χ2n) is 6.04. The molecule has 2 heterocycles. The highest BCUT2D eigenvalue weighted by atomic mass is 32.1. The van der Waals surface area contributed by atoms with Gasteiger partial charge < -0.3 is 0 Å². The van der Waals surface area contributed by atoms with Gasteiger partial charge in [-0.25, -0.2) is 0 Å². The summed E-state index contributed by atoms with van der Waals surface area (Å²) in [6, 6.07) is 8.00. The summed E-state index contributed by atoms with van der Waals surface area (Å²) in [6.45, 7) is 7.54. The first-order valence-corrected chi connectivity index (χ1v) is 8.22. The molecule has 106 valence electrons. The Bertz CT molecular complexity index is 674. The van der Waals surface area contributed by atoms with Crippen molar-refractivity contribution in [3.05, 3.63) is 44.9 Å². The van der Waals surface area contributed by atoms with Crippen molar-refractivity contribution in [2.24, 2.45) is 5.92 Å². The van der Waals surface area contributed by atoms with Crippen LogP contribution in [-0.4, -0.2) is 18.0 Å². The fourth-order valence-electron chi connectivity index (χ4n) is 2.78. The predicted octanol–water partition coefficient (Wildman–Crippen LogP) is 3.67. The molecule has 0 fully saturated rings. The van der Waals surface area contributed by atoms with Gasteiger partial charge in [0.15, 0.2) is 5.43 Å². The quantitative estimate of drug-likeness (QED) is 0.858. The van der Waals surface area contributed by atoms with E-state index in [-0.39, 0.29) is 5.43 Å². The Morgan fingerprint density at radius 2 is 2.10 bits per heavy atom. The molecule has 20 heavy (non-hydrogen) atoms. The lowest BCUT2D eigenvalue weighted by atomic mass is 10.0. The van der Waals surface area contributed by atoms with Crippen LogP contribution in [0.4, 0.5) is 0 Å². The lowest BCUT2D eigenvalue weighted by molar-refractivity contribution is 0.240. The Balaban J connectivity index is 1.93. The van der Waals surface area contributed by atoms with Crippen molar-refractivity contribution in [1.82, 2.24) is 4.90 Å². The third-order valence-electron chi connectivity index (χ3n) is 4.04. The van der Waals surface area contributed by atoms with Crippen molar-refractivity contribution < 1.29 is 0 Å². The molecule has 0 amide bonds. The number of hydrogen-bond donors (Lipinski definition) is 0. The monoisotopic (exact) mass is 287 g/mol. The highest BCUT2D eigenvalue weighted by molar-refractivity contribution is 7.18. The molecule has 0 saturated carbocycles. The first kappa shape index (κ1) is 13.8. The van der Waals surface area contributed by atoms with E-state index in [0.717, 1.165) is 47.6 Å². The largest absolute Gasteiger partial charge is 0.299 e. The van der Waals surface area contributed by atoms with Gasteiger partial charge in [0, 0.05) is 33.6 Å². The Labute approximate surface area is 124 Å². The molecule has 0 N–H and O–H groups in total. The van der Waals surface area contributed by atoms with E-state index in [1.807, 2.05) is 18.2 Å². The molecule has 0 radical (unpaired) electrons. The fraction of sp³-hybridized carbons (Fsp3) is 0.471. The molecule has 1 aliphatic rings. The van der Waals surface area contributed by atoms with Crippen LogP contribution in [0.25, 0.3) is 10.1 Å². The average Bonchev–Trinajstić information content (AvgIpc) is 2.46. The molecule has 1 aromatic carbocycles. The van der Waals surface area contributed by atoms with Crippen molar-refractivity contribution in [3.63, 3.8) is 0 Å². The molecule has 0 spiro atoms. The van der Waals surface area contributed by atoms with E-state index < -0.39 is 0 Å². The van der Waals surface area contributed by atoms with Gasteiger partial charge in [-0.3, -0.25) is 9.69 Å². The Kier molecular flexibility index (Phi) is 3.90. The van der Waals surface area contributed by atoms with Gasteiger partial charge in [-0.15, -0.1) is 11.3 Å². The van der Waals surface area contributed by atoms with Gasteiger partial charge >= 0.3 is 0 Å². The van der Waals surface area contributed by atoms with Gasteiger partial charge in [-0.1, -0.05) is 26.0 Å². The SMILES string of the molecule is CC(C)CCN1CCc2sc3ccccc3c(=O)c2C1. The van der Waals surface area contributed by atoms with Crippen LogP contribution in [0, 0.1) is 5.92 Å². The molecule has 2 aromatic rings. The maximum absolute atomic E-state index is 12.6. The molecule has 0 bridgehead atoms. The van der Waals surface area contributed by atoms with Crippen LogP contribution < -0.4 is 5.43 Å². The van der Waals surface area contributed by atoms with Crippen molar-refractivity contribution in [2.75, 3.05) is 13.1 Å². The molecule has 1 aromatic heterocycles. The van der Waals surface area contributed by atoms with Gasteiger partial charge in [0.25, 0.3) is 0 Å². The first-order chi connectivity index (χ1) is 9.65. The Morgan fingerprint density at radius 1 is 1.30 bits per heavy atom. The van der Waals surface area contributed by atoms with Crippen LogP contribution in [-0.2, 0) is 13.0 Å². The summed E-state index contributed by atoms with van der Waals surface area (Å²) in [5.74, 6) is 0.725. The number of hydrogen-bond acceptors (Lipinski definition) is 3. The number of fused-ring (bicyclic) bond motifs is 2. The summed E-state index contributed by atoms with van der Waals surface area (Å²) in [5, 5.41) is 0.891. The van der Waals surface area contributed by atoms with Crippen molar-refractivity contribution in [2.45, 2.75) is 33.2 Å². The standard InChI is InChI=1S/C17H21NOS/c1-12(2)7-9-18-10-8-16-14(11-18)17(19)13-5-3-4-6-15(13)20-16/h3-6,12H,7-11H2,1-2H3.